The summed E-state index contributed by atoms with van der Waals surface area (Å²) in [6, 6.07) is 8.60. The Labute approximate surface area is 115 Å². The number of benzene rings is 2. The second kappa shape index (κ2) is 5.17. The highest BCUT2D eigenvalue weighted by Gasteiger charge is 2.13. The van der Waals surface area contributed by atoms with Gasteiger partial charge in [0.25, 0.3) is 0 Å². The van der Waals surface area contributed by atoms with Crippen molar-refractivity contribution >= 4 is 11.5 Å². The maximum atomic E-state index is 14.1. The standard InChI is InChI=1S/C16H13FO3/c1-9(2)10-3-5-12(14(17)8-10)11-4-6-15(18)13(7-11)16(19)20/h3-8,18H,1H2,2H3,(H,19,20). The number of hydrogen-bond acceptors (Lipinski definition) is 2. The van der Waals surface area contributed by atoms with Gasteiger partial charge in [-0.25, -0.2) is 9.18 Å². The smallest absolute Gasteiger partial charge is 0.339 e. The van der Waals surface area contributed by atoms with Gasteiger partial charge < -0.3 is 10.2 Å². The normalized spacial score (nSPS) is 10.3. The first kappa shape index (κ1) is 13.8. The summed E-state index contributed by atoms with van der Waals surface area (Å²) in [7, 11) is 0. The molecule has 2 aromatic rings. The third-order valence-corrected chi connectivity index (χ3v) is 3.00. The molecule has 20 heavy (non-hydrogen) atoms. The highest BCUT2D eigenvalue weighted by Crippen LogP contribution is 2.29. The van der Waals surface area contributed by atoms with E-state index >= 15 is 0 Å². The Morgan fingerprint density at radius 2 is 1.90 bits per heavy atom. The molecular weight excluding hydrogens is 259 g/mol. The van der Waals surface area contributed by atoms with Crippen LogP contribution in [0.2, 0.25) is 0 Å². The minimum Gasteiger partial charge on any atom is -0.507 e. The molecule has 0 unspecified atom stereocenters. The van der Waals surface area contributed by atoms with Crippen molar-refractivity contribution in [2.45, 2.75) is 6.92 Å². The number of halogens is 1. The Balaban J connectivity index is 2.54. The van der Waals surface area contributed by atoms with Crippen molar-refractivity contribution < 1.29 is 19.4 Å². The number of carboxylic acid groups (broad SMARTS) is 1. The van der Waals surface area contributed by atoms with Gasteiger partial charge in [-0.2, -0.15) is 0 Å². The first-order valence-electron chi connectivity index (χ1n) is 5.92. The number of carbonyl (C=O) groups is 1. The molecule has 0 amide bonds. The molecule has 2 rings (SSSR count). The van der Waals surface area contributed by atoms with Crippen molar-refractivity contribution in [1.29, 1.82) is 0 Å². The fourth-order valence-electron chi connectivity index (χ4n) is 1.89. The number of hydrogen-bond donors (Lipinski definition) is 2. The highest BCUT2D eigenvalue weighted by molar-refractivity contribution is 5.92. The van der Waals surface area contributed by atoms with Gasteiger partial charge >= 0.3 is 5.97 Å². The monoisotopic (exact) mass is 272 g/mol. The largest absolute Gasteiger partial charge is 0.507 e. The van der Waals surface area contributed by atoms with Crippen LogP contribution in [0.1, 0.15) is 22.8 Å². The lowest BCUT2D eigenvalue weighted by atomic mass is 9.99. The summed E-state index contributed by atoms with van der Waals surface area (Å²) >= 11 is 0. The Kier molecular flexibility index (Phi) is 3.57. The minimum atomic E-state index is -1.26. The molecule has 3 nitrogen and oxygen atoms in total. The van der Waals surface area contributed by atoms with E-state index in [1.807, 2.05) is 0 Å². The highest BCUT2D eigenvalue weighted by atomic mass is 19.1. The molecule has 2 aromatic carbocycles. The van der Waals surface area contributed by atoms with E-state index in [9.17, 15) is 14.3 Å². The molecule has 0 aliphatic heterocycles. The first-order chi connectivity index (χ1) is 9.40. The van der Waals surface area contributed by atoms with Gasteiger partial charge in [0.05, 0.1) is 0 Å². The van der Waals surface area contributed by atoms with Crippen molar-refractivity contribution in [3.05, 3.63) is 59.9 Å². The average Bonchev–Trinajstić information content (AvgIpc) is 2.39. The van der Waals surface area contributed by atoms with E-state index in [0.717, 1.165) is 5.57 Å². The molecule has 0 radical (unpaired) electrons. The molecule has 0 bridgehead atoms. The molecule has 0 fully saturated rings. The summed E-state index contributed by atoms with van der Waals surface area (Å²) in [5, 5.41) is 18.4. The zero-order valence-corrected chi connectivity index (χ0v) is 10.9. The Bertz CT molecular complexity index is 705. The van der Waals surface area contributed by atoms with Gasteiger partial charge in [-0.3, -0.25) is 0 Å². The summed E-state index contributed by atoms with van der Waals surface area (Å²) < 4.78 is 14.1. The van der Waals surface area contributed by atoms with Crippen molar-refractivity contribution in [3.63, 3.8) is 0 Å². The molecule has 0 saturated carbocycles. The van der Waals surface area contributed by atoms with Gasteiger partial charge in [-0.15, -0.1) is 0 Å². The molecule has 4 heteroatoms. The van der Waals surface area contributed by atoms with Gasteiger partial charge in [-0.1, -0.05) is 30.4 Å². The molecule has 0 atom stereocenters. The molecular formula is C16H13FO3. The fraction of sp³-hybridized carbons (Fsp3) is 0.0625. The number of rotatable bonds is 3. The molecule has 0 saturated heterocycles. The number of carboxylic acids is 1. The number of allylic oxidation sites excluding steroid dienone is 1. The van der Waals surface area contributed by atoms with Gasteiger partial charge in [0.1, 0.15) is 17.1 Å². The van der Waals surface area contributed by atoms with Gasteiger partial charge in [-0.05, 0) is 36.2 Å². The molecule has 102 valence electrons. The SMILES string of the molecule is C=C(C)c1ccc(-c2ccc(O)c(C(=O)O)c2)c(F)c1. The maximum absolute atomic E-state index is 14.1. The number of phenols is 1. The second-order valence-electron chi connectivity index (χ2n) is 4.51. The van der Waals surface area contributed by atoms with Crippen LogP contribution < -0.4 is 0 Å². The van der Waals surface area contributed by atoms with Crippen LogP contribution >= 0.6 is 0 Å². The topological polar surface area (TPSA) is 57.5 Å². The van der Waals surface area contributed by atoms with Crippen molar-refractivity contribution in [3.8, 4) is 16.9 Å². The Morgan fingerprint density at radius 3 is 2.45 bits per heavy atom. The van der Waals surface area contributed by atoms with E-state index in [4.69, 9.17) is 5.11 Å². The molecule has 2 N–H and O–H groups in total. The summed E-state index contributed by atoms with van der Waals surface area (Å²) in [5.41, 5.74) is 1.84. The van der Waals surface area contributed by atoms with E-state index in [-0.39, 0.29) is 16.9 Å². The van der Waals surface area contributed by atoms with E-state index in [0.29, 0.717) is 11.1 Å². The lowest BCUT2D eigenvalue weighted by Crippen LogP contribution is -1.97. The van der Waals surface area contributed by atoms with Crippen molar-refractivity contribution in [2.24, 2.45) is 0 Å². The number of aromatic hydroxyl groups is 1. The van der Waals surface area contributed by atoms with Crippen molar-refractivity contribution in [1.82, 2.24) is 0 Å². The summed E-state index contributed by atoms with van der Waals surface area (Å²) in [4.78, 5) is 11.0. The summed E-state index contributed by atoms with van der Waals surface area (Å²) in [5.74, 6) is -2.07. The van der Waals surface area contributed by atoms with Gasteiger partial charge in [0.2, 0.25) is 0 Å². The summed E-state index contributed by atoms with van der Waals surface area (Å²) in [6.45, 7) is 5.52. The van der Waals surface area contributed by atoms with Crippen LogP contribution in [0.5, 0.6) is 5.75 Å². The first-order valence-corrected chi connectivity index (χ1v) is 5.92. The average molecular weight is 272 g/mol. The van der Waals surface area contributed by atoms with Crippen LogP contribution in [-0.2, 0) is 0 Å². The predicted molar refractivity (Wildman–Crippen MR) is 75.2 cm³/mol. The van der Waals surface area contributed by atoms with Crippen molar-refractivity contribution in [2.75, 3.05) is 0 Å². The Morgan fingerprint density at radius 1 is 1.20 bits per heavy atom. The third-order valence-electron chi connectivity index (χ3n) is 3.00. The third kappa shape index (κ3) is 2.54. The van der Waals surface area contributed by atoms with Crippen LogP contribution in [0, 0.1) is 5.82 Å². The van der Waals surface area contributed by atoms with E-state index in [2.05, 4.69) is 6.58 Å². The van der Waals surface area contributed by atoms with Crippen LogP contribution in [0.15, 0.2) is 43.0 Å². The van der Waals surface area contributed by atoms with Crippen LogP contribution in [0.25, 0.3) is 16.7 Å². The van der Waals surface area contributed by atoms with Crippen LogP contribution in [0.3, 0.4) is 0 Å². The van der Waals surface area contributed by atoms with E-state index < -0.39 is 11.8 Å². The molecule has 0 aliphatic rings. The van der Waals surface area contributed by atoms with Crippen LogP contribution in [0.4, 0.5) is 4.39 Å². The van der Waals surface area contributed by atoms with Gasteiger partial charge in [0.15, 0.2) is 0 Å². The van der Waals surface area contributed by atoms with Crippen LogP contribution in [-0.4, -0.2) is 16.2 Å². The fourth-order valence-corrected chi connectivity index (χ4v) is 1.89. The minimum absolute atomic E-state index is 0.258. The zero-order chi connectivity index (χ0) is 14.9. The lowest BCUT2D eigenvalue weighted by Gasteiger charge is -2.08. The molecule has 0 heterocycles. The number of aromatic carboxylic acids is 1. The quantitative estimate of drug-likeness (QED) is 0.890. The zero-order valence-electron chi connectivity index (χ0n) is 10.9. The molecule has 0 spiro atoms. The second-order valence-corrected chi connectivity index (χ2v) is 4.51. The van der Waals surface area contributed by atoms with E-state index in [1.54, 1.807) is 19.1 Å². The predicted octanol–water partition coefficient (Wildman–Crippen LogP) is 3.93. The summed E-state index contributed by atoms with van der Waals surface area (Å²) in [6.07, 6.45) is 0. The van der Waals surface area contributed by atoms with E-state index in [1.165, 1.54) is 24.3 Å². The molecule has 0 aliphatic carbocycles. The molecule has 0 aromatic heterocycles. The Hall–Kier alpha value is -2.62. The van der Waals surface area contributed by atoms with Gasteiger partial charge in [0, 0.05) is 5.56 Å². The maximum Gasteiger partial charge on any atom is 0.339 e. The lowest BCUT2D eigenvalue weighted by molar-refractivity contribution is 0.0694.